The molecule has 0 aliphatic heterocycles. The average Bonchev–Trinajstić information content (AvgIpc) is 2.73. The van der Waals surface area contributed by atoms with E-state index in [1.165, 1.54) is 6.33 Å². The maximum Gasteiger partial charge on any atom is 0.194 e. The van der Waals surface area contributed by atoms with Crippen molar-refractivity contribution < 1.29 is 13.2 Å². The molecule has 0 aliphatic rings. The summed E-state index contributed by atoms with van der Waals surface area (Å²) < 4.78 is 40.3. The zero-order valence-electron chi connectivity index (χ0n) is 9.04. The topological polar surface area (TPSA) is 29.9 Å². The van der Waals surface area contributed by atoms with Crippen LogP contribution in [-0.4, -0.2) is 16.6 Å². The zero-order valence-corrected chi connectivity index (χ0v) is 9.04. The highest BCUT2D eigenvalue weighted by molar-refractivity contribution is 5.30. The fourth-order valence-electron chi connectivity index (χ4n) is 1.49. The molecule has 0 saturated carbocycles. The SMILES string of the molecule is CNc1cn(Cc2cc(F)c(F)c(F)c2)cn1. The normalized spacial score (nSPS) is 10.6. The van der Waals surface area contributed by atoms with E-state index in [1.54, 1.807) is 17.8 Å². The number of nitrogens with one attached hydrogen (secondary N) is 1. The van der Waals surface area contributed by atoms with Gasteiger partial charge in [-0.3, -0.25) is 0 Å². The molecule has 2 aromatic rings. The molecule has 1 N–H and O–H groups in total. The summed E-state index contributed by atoms with van der Waals surface area (Å²) in [5.74, 6) is -3.17. The number of aromatic nitrogens is 2. The lowest BCUT2D eigenvalue weighted by atomic mass is 10.2. The number of imidazole rings is 1. The van der Waals surface area contributed by atoms with E-state index in [0.717, 1.165) is 12.1 Å². The monoisotopic (exact) mass is 241 g/mol. The van der Waals surface area contributed by atoms with Crippen LogP contribution in [0.2, 0.25) is 0 Å². The van der Waals surface area contributed by atoms with Crippen molar-refractivity contribution in [2.75, 3.05) is 12.4 Å². The van der Waals surface area contributed by atoms with Crippen molar-refractivity contribution in [3.05, 3.63) is 47.7 Å². The van der Waals surface area contributed by atoms with Gasteiger partial charge in [0.15, 0.2) is 17.5 Å². The Morgan fingerprint density at radius 1 is 1.24 bits per heavy atom. The van der Waals surface area contributed by atoms with E-state index in [9.17, 15) is 13.2 Å². The standard InChI is InChI=1S/C11H10F3N3/c1-15-10-5-17(6-16-10)4-7-2-8(12)11(14)9(13)3-7/h2-3,5-6,15H,4H2,1H3. The lowest BCUT2D eigenvalue weighted by molar-refractivity contribution is 0.444. The molecular formula is C11H10F3N3. The summed E-state index contributed by atoms with van der Waals surface area (Å²) in [6.45, 7) is 0.225. The van der Waals surface area contributed by atoms with Crippen LogP contribution in [0.4, 0.5) is 19.0 Å². The Hall–Kier alpha value is -1.98. The van der Waals surface area contributed by atoms with Crippen LogP contribution in [0.25, 0.3) is 0 Å². The molecule has 17 heavy (non-hydrogen) atoms. The molecular weight excluding hydrogens is 231 g/mol. The molecule has 2 rings (SSSR count). The average molecular weight is 241 g/mol. The molecule has 90 valence electrons. The number of hydrogen-bond acceptors (Lipinski definition) is 2. The van der Waals surface area contributed by atoms with E-state index in [-0.39, 0.29) is 6.54 Å². The summed E-state index contributed by atoms with van der Waals surface area (Å²) in [4.78, 5) is 3.98. The van der Waals surface area contributed by atoms with Crippen LogP contribution >= 0.6 is 0 Å². The molecule has 0 atom stereocenters. The third-order valence-corrected chi connectivity index (χ3v) is 2.30. The van der Waals surface area contributed by atoms with Crippen LogP contribution in [0.3, 0.4) is 0 Å². The van der Waals surface area contributed by atoms with E-state index in [2.05, 4.69) is 10.3 Å². The molecule has 0 spiro atoms. The second-order valence-electron chi connectivity index (χ2n) is 3.55. The highest BCUT2D eigenvalue weighted by atomic mass is 19.2. The van der Waals surface area contributed by atoms with Gasteiger partial charge in [-0.15, -0.1) is 0 Å². The van der Waals surface area contributed by atoms with Crippen molar-refractivity contribution >= 4 is 5.82 Å². The number of halogens is 3. The minimum atomic E-state index is -1.45. The Labute approximate surface area is 95.9 Å². The summed E-state index contributed by atoms with van der Waals surface area (Å²) in [5, 5.41) is 2.82. The molecule has 0 unspecified atom stereocenters. The third kappa shape index (κ3) is 2.41. The van der Waals surface area contributed by atoms with E-state index in [0.29, 0.717) is 11.4 Å². The fraction of sp³-hybridized carbons (Fsp3) is 0.182. The summed E-state index contributed by atoms with van der Waals surface area (Å²) in [7, 11) is 1.71. The predicted molar refractivity (Wildman–Crippen MR) is 57.2 cm³/mol. The number of anilines is 1. The van der Waals surface area contributed by atoms with E-state index in [4.69, 9.17) is 0 Å². The Kier molecular flexibility index (Phi) is 3.03. The van der Waals surface area contributed by atoms with Gasteiger partial charge < -0.3 is 9.88 Å². The van der Waals surface area contributed by atoms with Crippen LogP contribution in [0, 0.1) is 17.5 Å². The lowest BCUT2D eigenvalue weighted by Crippen LogP contribution is -2.00. The molecule has 0 bridgehead atoms. The molecule has 1 aromatic heterocycles. The van der Waals surface area contributed by atoms with Gasteiger partial charge in [0.25, 0.3) is 0 Å². The van der Waals surface area contributed by atoms with Crippen molar-refractivity contribution in [1.29, 1.82) is 0 Å². The first kappa shape index (κ1) is 11.5. The Morgan fingerprint density at radius 3 is 2.41 bits per heavy atom. The fourth-order valence-corrected chi connectivity index (χ4v) is 1.49. The van der Waals surface area contributed by atoms with Crippen molar-refractivity contribution in [3.8, 4) is 0 Å². The van der Waals surface area contributed by atoms with E-state index in [1.807, 2.05) is 0 Å². The van der Waals surface area contributed by atoms with Crippen LogP contribution in [0.15, 0.2) is 24.7 Å². The smallest absolute Gasteiger partial charge is 0.194 e. The lowest BCUT2D eigenvalue weighted by Gasteiger charge is -2.04. The summed E-state index contributed by atoms with van der Waals surface area (Å²) >= 11 is 0. The minimum absolute atomic E-state index is 0.225. The van der Waals surface area contributed by atoms with Crippen molar-refractivity contribution in [1.82, 2.24) is 9.55 Å². The van der Waals surface area contributed by atoms with Gasteiger partial charge in [-0.25, -0.2) is 18.2 Å². The first-order chi connectivity index (χ1) is 8.10. The highest BCUT2D eigenvalue weighted by Gasteiger charge is 2.10. The largest absolute Gasteiger partial charge is 0.372 e. The molecule has 1 heterocycles. The predicted octanol–water partition coefficient (Wildman–Crippen LogP) is 2.39. The van der Waals surface area contributed by atoms with Crippen LogP contribution < -0.4 is 5.32 Å². The maximum absolute atomic E-state index is 13.0. The first-order valence-corrected chi connectivity index (χ1v) is 4.93. The second kappa shape index (κ2) is 4.48. The molecule has 0 amide bonds. The molecule has 0 aliphatic carbocycles. The maximum atomic E-state index is 13.0. The molecule has 0 radical (unpaired) electrons. The Morgan fingerprint density at radius 2 is 1.88 bits per heavy atom. The van der Waals surface area contributed by atoms with Crippen molar-refractivity contribution in [3.63, 3.8) is 0 Å². The minimum Gasteiger partial charge on any atom is -0.372 e. The number of benzene rings is 1. The van der Waals surface area contributed by atoms with Crippen molar-refractivity contribution in [2.45, 2.75) is 6.54 Å². The van der Waals surface area contributed by atoms with Crippen LogP contribution in [0.1, 0.15) is 5.56 Å². The van der Waals surface area contributed by atoms with Gasteiger partial charge in [-0.1, -0.05) is 0 Å². The molecule has 0 saturated heterocycles. The number of rotatable bonds is 3. The van der Waals surface area contributed by atoms with Gasteiger partial charge >= 0.3 is 0 Å². The van der Waals surface area contributed by atoms with Gasteiger partial charge in [-0.2, -0.15) is 0 Å². The zero-order chi connectivity index (χ0) is 12.4. The number of hydrogen-bond donors (Lipinski definition) is 1. The van der Waals surface area contributed by atoms with Gasteiger partial charge in [0.1, 0.15) is 5.82 Å². The van der Waals surface area contributed by atoms with Crippen LogP contribution in [0.5, 0.6) is 0 Å². The summed E-state index contributed by atoms with van der Waals surface area (Å²) in [5.41, 5.74) is 0.335. The van der Waals surface area contributed by atoms with Gasteiger partial charge in [0, 0.05) is 19.8 Å². The second-order valence-corrected chi connectivity index (χ2v) is 3.55. The number of nitrogens with zero attached hydrogens (tertiary/aromatic N) is 2. The van der Waals surface area contributed by atoms with Gasteiger partial charge in [0.05, 0.1) is 6.33 Å². The van der Waals surface area contributed by atoms with E-state index < -0.39 is 17.5 Å². The van der Waals surface area contributed by atoms with Crippen molar-refractivity contribution in [2.24, 2.45) is 0 Å². The first-order valence-electron chi connectivity index (χ1n) is 4.93. The molecule has 1 aromatic carbocycles. The summed E-state index contributed by atoms with van der Waals surface area (Å²) in [6.07, 6.45) is 3.20. The molecule has 3 nitrogen and oxygen atoms in total. The van der Waals surface area contributed by atoms with Gasteiger partial charge in [0.2, 0.25) is 0 Å². The molecule has 0 fully saturated rings. The quantitative estimate of drug-likeness (QED) is 0.836. The molecule has 6 heteroatoms. The van der Waals surface area contributed by atoms with Crippen LogP contribution in [-0.2, 0) is 6.54 Å². The van der Waals surface area contributed by atoms with Gasteiger partial charge in [-0.05, 0) is 17.7 Å². The summed E-state index contributed by atoms with van der Waals surface area (Å²) in [6, 6.07) is 1.94. The Balaban J connectivity index is 2.24. The third-order valence-electron chi connectivity index (χ3n) is 2.30. The Bertz CT molecular complexity index is 514. The highest BCUT2D eigenvalue weighted by Crippen LogP contribution is 2.15. The van der Waals surface area contributed by atoms with E-state index >= 15 is 0 Å².